The molecule has 4 nitrogen and oxygen atoms in total. The van der Waals surface area contributed by atoms with Crippen molar-refractivity contribution in [3.63, 3.8) is 0 Å². The van der Waals surface area contributed by atoms with E-state index in [1.54, 1.807) is 6.20 Å². The molecule has 1 aromatic rings. The van der Waals surface area contributed by atoms with Crippen LogP contribution in [0.2, 0.25) is 0 Å². The van der Waals surface area contributed by atoms with E-state index in [1.807, 2.05) is 6.07 Å². The van der Waals surface area contributed by atoms with Crippen molar-refractivity contribution in [2.45, 2.75) is 13.3 Å². The molecule has 1 atom stereocenters. The summed E-state index contributed by atoms with van der Waals surface area (Å²) < 4.78 is 0.860. The van der Waals surface area contributed by atoms with E-state index in [1.165, 1.54) is 0 Å². The average Bonchev–Trinajstić information content (AvgIpc) is 2.17. The Labute approximate surface area is 98.0 Å². The van der Waals surface area contributed by atoms with E-state index in [9.17, 15) is 0 Å². The van der Waals surface area contributed by atoms with Crippen LogP contribution < -0.4 is 11.1 Å². The van der Waals surface area contributed by atoms with Crippen molar-refractivity contribution in [3.05, 3.63) is 16.7 Å². The second-order valence-electron chi connectivity index (χ2n) is 3.60. The third kappa shape index (κ3) is 4.05. The van der Waals surface area contributed by atoms with Crippen molar-refractivity contribution in [2.24, 2.45) is 5.92 Å². The number of aliphatic hydroxyl groups is 1. The summed E-state index contributed by atoms with van der Waals surface area (Å²) in [7, 11) is 0. The first-order valence-electron chi connectivity index (χ1n) is 4.89. The highest BCUT2D eigenvalue weighted by Gasteiger charge is 2.04. The van der Waals surface area contributed by atoms with Crippen LogP contribution in [0.25, 0.3) is 0 Å². The van der Waals surface area contributed by atoms with Crippen LogP contribution in [0.3, 0.4) is 0 Å². The summed E-state index contributed by atoms with van der Waals surface area (Å²) in [6.07, 6.45) is 2.41. The van der Waals surface area contributed by atoms with Gasteiger partial charge in [-0.05, 0) is 34.3 Å². The van der Waals surface area contributed by atoms with Gasteiger partial charge in [0.05, 0.1) is 16.4 Å². The standard InChI is InChI=1S/C10H16BrN3O/c1-7(2-3-15)5-13-10-9(11)4-8(12)6-14-10/h4,6-7,15H,2-3,5,12H2,1H3,(H,13,14). The first-order chi connectivity index (χ1) is 7.13. The van der Waals surface area contributed by atoms with Gasteiger partial charge in [0.1, 0.15) is 5.82 Å². The minimum absolute atomic E-state index is 0.221. The Morgan fingerprint density at radius 2 is 2.40 bits per heavy atom. The Morgan fingerprint density at radius 1 is 1.67 bits per heavy atom. The molecule has 0 spiro atoms. The van der Waals surface area contributed by atoms with E-state index in [0.717, 1.165) is 23.3 Å². The molecule has 84 valence electrons. The Hall–Kier alpha value is -0.810. The number of anilines is 2. The predicted octanol–water partition coefficient (Wildman–Crippen LogP) is 1.86. The number of hydrogen-bond donors (Lipinski definition) is 3. The van der Waals surface area contributed by atoms with Crippen molar-refractivity contribution < 1.29 is 5.11 Å². The van der Waals surface area contributed by atoms with Crippen LogP contribution in [-0.4, -0.2) is 23.2 Å². The van der Waals surface area contributed by atoms with Gasteiger partial charge in [-0.2, -0.15) is 0 Å². The van der Waals surface area contributed by atoms with E-state index in [4.69, 9.17) is 10.8 Å². The predicted molar refractivity (Wildman–Crippen MR) is 65.7 cm³/mol. The minimum atomic E-state index is 0.221. The number of aromatic nitrogens is 1. The lowest BCUT2D eigenvalue weighted by molar-refractivity contribution is 0.266. The topological polar surface area (TPSA) is 71.2 Å². The number of nitrogens with zero attached hydrogens (tertiary/aromatic N) is 1. The Morgan fingerprint density at radius 3 is 3.00 bits per heavy atom. The maximum Gasteiger partial charge on any atom is 0.140 e. The van der Waals surface area contributed by atoms with Gasteiger partial charge in [-0.3, -0.25) is 0 Å². The number of aliphatic hydroxyl groups excluding tert-OH is 1. The van der Waals surface area contributed by atoms with Crippen molar-refractivity contribution in [2.75, 3.05) is 24.2 Å². The number of nitrogens with two attached hydrogens (primary N) is 1. The molecule has 1 heterocycles. The van der Waals surface area contributed by atoms with Gasteiger partial charge in [-0.25, -0.2) is 4.98 Å². The zero-order valence-electron chi connectivity index (χ0n) is 8.70. The van der Waals surface area contributed by atoms with Crippen molar-refractivity contribution >= 4 is 27.4 Å². The largest absolute Gasteiger partial charge is 0.397 e. The molecule has 0 saturated carbocycles. The summed E-state index contributed by atoms with van der Waals surface area (Å²) in [5, 5.41) is 12.0. The molecule has 0 aliphatic rings. The third-order valence-corrected chi connectivity index (χ3v) is 2.71. The Kier molecular flexibility index (Phi) is 4.84. The molecule has 1 aromatic heterocycles. The van der Waals surface area contributed by atoms with Crippen LogP contribution in [-0.2, 0) is 0 Å². The number of hydrogen-bond acceptors (Lipinski definition) is 4. The monoisotopic (exact) mass is 273 g/mol. The number of nitrogen functional groups attached to an aromatic ring is 1. The fraction of sp³-hybridized carbons (Fsp3) is 0.500. The lowest BCUT2D eigenvalue weighted by Gasteiger charge is -2.12. The maximum absolute atomic E-state index is 8.76. The van der Waals surface area contributed by atoms with E-state index >= 15 is 0 Å². The number of halogens is 1. The average molecular weight is 274 g/mol. The SMILES string of the molecule is CC(CCO)CNc1ncc(N)cc1Br. The normalized spacial score (nSPS) is 12.5. The van der Waals surface area contributed by atoms with Crippen LogP contribution >= 0.6 is 15.9 Å². The summed E-state index contributed by atoms with van der Waals surface area (Å²) >= 11 is 3.38. The molecule has 0 amide bonds. The van der Waals surface area contributed by atoms with E-state index in [-0.39, 0.29) is 6.61 Å². The first kappa shape index (κ1) is 12.3. The Balaban J connectivity index is 2.50. The highest BCUT2D eigenvalue weighted by molar-refractivity contribution is 9.10. The third-order valence-electron chi connectivity index (χ3n) is 2.10. The first-order valence-corrected chi connectivity index (χ1v) is 5.68. The molecular weight excluding hydrogens is 258 g/mol. The fourth-order valence-corrected chi connectivity index (χ4v) is 1.68. The molecule has 0 bridgehead atoms. The molecule has 0 fully saturated rings. The molecule has 15 heavy (non-hydrogen) atoms. The number of nitrogens with one attached hydrogen (secondary N) is 1. The van der Waals surface area contributed by atoms with Gasteiger partial charge >= 0.3 is 0 Å². The van der Waals surface area contributed by atoms with Gasteiger partial charge < -0.3 is 16.2 Å². The van der Waals surface area contributed by atoms with Gasteiger partial charge in [-0.15, -0.1) is 0 Å². The van der Waals surface area contributed by atoms with E-state index in [2.05, 4.69) is 33.2 Å². The van der Waals surface area contributed by atoms with Crippen molar-refractivity contribution in [3.8, 4) is 0 Å². The second-order valence-corrected chi connectivity index (χ2v) is 4.45. The van der Waals surface area contributed by atoms with Crippen LogP contribution in [0.4, 0.5) is 11.5 Å². The second kappa shape index (κ2) is 5.92. The maximum atomic E-state index is 8.76. The summed E-state index contributed by atoms with van der Waals surface area (Å²) in [5.74, 6) is 1.20. The summed E-state index contributed by atoms with van der Waals surface area (Å²) in [6.45, 7) is 3.09. The van der Waals surface area contributed by atoms with Crippen molar-refractivity contribution in [1.82, 2.24) is 4.98 Å². The van der Waals surface area contributed by atoms with Gasteiger partial charge in [0.2, 0.25) is 0 Å². The zero-order valence-corrected chi connectivity index (χ0v) is 10.3. The molecule has 4 N–H and O–H groups in total. The fourth-order valence-electron chi connectivity index (χ4n) is 1.18. The van der Waals surface area contributed by atoms with Gasteiger partial charge in [0.15, 0.2) is 0 Å². The Bertz CT molecular complexity index is 320. The molecule has 1 unspecified atom stereocenters. The van der Waals surface area contributed by atoms with Crippen LogP contribution in [0.5, 0.6) is 0 Å². The van der Waals surface area contributed by atoms with Crippen molar-refractivity contribution in [1.29, 1.82) is 0 Å². The molecule has 0 saturated heterocycles. The molecule has 0 aliphatic carbocycles. The van der Waals surface area contributed by atoms with E-state index in [0.29, 0.717) is 11.6 Å². The smallest absolute Gasteiger partial charge is 0.140 e. The zero-order chi connectivity index (χ0) is 11.3. The van der Waals surface area contributed by atoms with Crippen LogP contribution in [0, 0.1) is 5.92 Å². The van der Waals surface area contributed by atoms with Gasteiger partial charge in [-0.1, -0.05) is 6.92 Å². The highest BCUT2D eigenvalue weighted by Crippen LogP contribution is 2.21. The van der Waals surface area contributed by atoms with Gasteiger partial charge in [0.25, 0.3) is 0 Å². The highest BCUT2D eigenvalue weighted by atomic mass is 79.9. The minimum Gasteiger partial charge on any atom is -0.397 e. The van der Waals surface area contributed by atoms with Gasteiger partial charge in [0, 0.05) is 13.2 Å². The molecule has 0 radical (unpaired) electrons. The summed E-state index contributed by atoms with van der Waals surface area (Å²) in [5.41, 5.74) is 6.21. The molecule has 0 aliphatic heterocycles. The van der Waals surface area contributed by atoms with Crippen LogP contribution in [0.1, 0.15) is 13.3 Å². The van der Waals surface area contributed by atoms with E-state index < -0.39 is 0 Å². The number of rotatable bonds is 5. The quantitative estimate of drug-likeness (QED) is 0.766. The molecule has 0 aromatic carbocycles. The lowest BCUT2D eigenvalue weighted by atomic mass is 10.1. The molecule has 1 rings (SSSR count). The molecule has 5 heteroatoms. The summed E-state index contributed by atoms with van der Waals surface area (Å²) in [4.78, 5) is 4.16. The summed E-state index contributed by atoms with van der Waals surface area (Å²) in [6, 6.07) is 1.81. The lowest BCUT2D eigenvalue weighted by Crippen LogP contribution is -2.13. The number of pyridine rings is 1. The molecular formula is C10H16BrN3O. The van der Waals surface area contributed by atoms with Crippen LogP contribution in [0.15, 0.2) is 16.7 Å².